The van der Waals surface area contributed by atoms with Crippen LogP contribution in [-0.4, -0.2) is 12.9 Å². The fourth-order valence-corrected chi connectivity index (χ4v) is 0.528. The Kier molecular flexibility index (Phi) is 4.88. The molecule has 0 atom stereocenters. The molecule has 2 nitrogen and oxygen atoms in total. The Balaban J connectivity index is 3.55. The van der Waals surface area contributed by atoms with Crippen molar-refractivity contribution in [2.24, 2.45) is 0 Å². The maximum Gasteiger partial charge on any atom is 0.127 e. The van der Waals surface area contributed by atoms with Crippen LogP contribution in [0.2, 0.25) is 0 Å². The third-order valence-electron chi connectivity index (χ3n) is 0.936. The molecule has 0 unspecified atom stereocenters. The first-order chi connectivity index (χ1) is 4.35. The minimum atomic E-state index is 0.393. The van der Waals surface area contributed by atoms with Crippen molar-refractivity contribution in [2.45, 2.75) is 20.3 Å². The second kappa shape index (κ2) is 5.35. The highest BCUT2D eigenvalue weighted by Crippen LogP contribution is 1.99. The molecule has 52 valence electrons. The molecule has 0 saturated heterocycles. The van der Waals surface area contributed by atoms with Crippen LogP contribution in [0.15, 0.2) is 11.8 Å². The van der Waals surface area contributed by atoms with Gasteiger partial charge in [-0.1, -0.05) is 0 Å². The Morgan fingerprint density at radius 2 is 2.33 bits per heavy atom. The van der Waals surface area contributed by atoms with E-state index in [9.17, 15) is 4.79 Å². The predicted molar refractivity (Wildman–Crippen MR) is 36.1 cm³/mol. The number of hydrogen-bond donors (Lipinski definition) is 0. The molecule has 0 aliphatic rings. The Hall–Kier alpha value is -0.790. The van der Waals surface area contributed by atoms with E-state index in [0.717, 1.165) is 12.0 Å². The summed E-state index contributed by atoms with van der Waals surface area (Å²) in [5.41, 5.74) is 0. The lowest BCUT2D eigenvalue weighted by atomic mass is 10.4. The molecule has 0 fully saturated rings. The maximum absolute atomic E-state index is 9.93. The standard InChI is InChI=1S/C7H12O2/c1-3-7(5-6-8)9-4-2/h3,6H,4-5H2,1-2H3. The highest BCUT2D eigenvalue weighted by Gasteiger charge is 1.90. The molecule has 0 saturated carbocycles. The van der Waals surface area contributed by atoms with E-state index < -0.39 is 0 Å². The lowest BCUT2D eigenvalue weighted by Gasteiger charge is -2.01. The Morgan fingerprint density at radius 1 is 1.67 bits per heavy atom. The third-order valence-corrected chi connectivity index (χ3v) is 0.936. The number of ether oxygens (including phenoxy) is 1. The van der Waals surface area contributed by atoms with E-state index in [1.165, 1.54) is 0 Å². The van der Waals surface area contributed by atoms with Crippen molar-refractivity contribution in [2.75, 3.05) is 6.61 Å². The van der Waals surface area contributed by atoms with Crippen molar-refractivity contribution in [1.29, 1.82) is 0 Å². The number of carbonyl (C=O) groups excluding carboxylic acids is 1. The van der Waals surface area contributed by atoms with Gasteiger partial charge in [-0.05, 0) is 19.9 Å². The van der Waals surface area contributed by atoms with Crippen LogP contribution in [0.3, 0.4) is 0 Å². The van der Waals surface area contributed by atoms with Crippen LogP contribution >= 0.6 is 0 Å². The predicted octanol–water partition coefficient (Wildman–Crippen LogP) is 1.52. The summed E-state index contributed by atoms with van der Waals surface area (Å²) in [5, 5.41) is 0. The summed E-state index contributed by atoms with van der Waals surface area (Å²) in [6.45, 7) is 4.39. The molecule has 0 aromatic carbocycles. The van der Waals surface area contributed by atoms with Gasteiger partial charge in [0.2, 0.25) is 0 Å². The van der Waals surface area contributed by atoms with Gasteiger partial charge in [0, 0.05) is 0 Å². The second-order valence-electron chi connectivity index (χ2n) is 1.56. The first-order valence-corrected chi connectivity index (χ1v) is 3.06. The maximum atomic E-state index is 9.93. The Morgan fingerprint density at radius 3 is 2.67 bits per heavy atom. The van der Waals surface area contributed by atoms with Crippen LogP contribution < -0.4 is 0 Å². The summed E-state index contributed by atoms with van der Waals surface area (Å²) in [7, 11) is 0. The molecule has 0 rings (SSSR count). The average Bonchev–Trinajstić information content (AvgIpc) is 1.88. The van der Waals surface area contributed by atoms with Crippen molar-refractivity contribution in [3.63, 3.8) is 0 Å². The van der Waals surface area contributed by atoms with Gasteiger partial charge in [-0.2, -0.15) is 0 Å². The van der Waals surface area contributed by atoms with Crippen molar-refractivity contribution in [3.8, 4) is 0 Å². The first kappa shape index (κ1) is 8.21. The fraction of sp³-hybridized carbons (Fsp3) is 0.571. The lowest BCUT2D eigenvalue weighted by molar-refractivity contribution is -0.107. The van der Waals surface area contributed by atoms with Gasteiger partial charge in [0.25, 0.3) is 0 Å². The number of aldehydes is 1. The molecule has 0 aliphatic carbocycles. The topological polar surface area (TPSA) is 26.3 Å². The summed E-state index contributed by atoms with van der Waals surface area (Å²) >= 11 is 0. The van der Waals surface area contributed by atoms with Gasteiger partial charge in [0.05, 0.1) is 18.8 Å². The Bertz CT molecular complexity index is 105. The van der Waals surface area contributed by atoms with E-state index >= 15 is 0 Å². The van der Waals surface area contributed by atoms with Crippen molar-refractivity contribution in [3.05, 3.63) is 11.8 Å². The number of allylic oxidation sites excluding steroid dienone is 2. The SMILES string of the molecule is CC=C(CC=O)OCC. The molecule has 0 aromatic rings. The monoisotopic (exact) mass is 128 g/mol. The summed E-state index contributed by atoms with van der Waals surface area (Å²) in [6.07, 6.45) is 3.03. The molecule has 0 radical (unpaired) electrons. The van der Waals surface area contributed by atoms with E-state index in [-0.39, 0.29) is 0 Å². The largest absolute Gasteiger partial charge is 0.498 e. The van der Waals surface area contributed by atoms with E-state index in [2.05, 4.69) is 0 Å². The number of carbonyl (C=O) groups is 1. The number of hydrogen-bond acceptors (Lipinski definition) is 2. The van der Waals surface area contributed by atoms with E-state index in [1.807, 2.05) is 13.8 Å². The molecule has 0 aliphatic heterocycles. The molecule has 0 spiro atoms. The van der Waals surface area contributed by atoms with Gasteiger partial charge in [-0.3, -0.25) is 0 Å². The molecule has 0 amide bonds. The third kappa shape index (κ3) is 3.76. The molecule has 9 heavy (non-hydrogen) atoms. The quantitative estimate of drug-likeness (QED) is 0.424. The minimum Gasteiger partial charge on any atom is -0.498 e. The van der Waals surface area contributed by atoms with Gasteiger partial charge in [-0.15, -0.1) is 0 Å². The van der Waals surface area contributed by atoms with E-state index in [4.69, 9.17) is 4.74 Å². The van der Waals surface area contributed by atoms with Crippen molar-refractivity contribution in [1.82, 2.24) is 0 Å². The zero-order chi connectivity index (χ0) is 7.11. The van der Waals surface area contributed by atoms with Gasteiger partial charge in [0.1, 0.15) is 6.29 Å². The summed E-state index contributed by atoms with van der Waals surface area (Å²) < 4.78 is 5.06. The normalized spacial score (nSPS) is 11.1. The molecule has 0 heterocycles. The van der Waals surface area contributed by atoms with E-state index in [1.54, 1.807) is 6.08 Å². The van der Waals surface area contributed by atoms with Gasteiger partial charge in [-0.25, -0.2) is 0 Å². The highest BCUT2D eigenvalue weighted by molar-refractivity contribution is 5.53. The van der Waals surface area contributed by atoms with Crippen LogP contribution in [0, 0.1) is 0 Å². The first-order valence-electron chi connectivity index (χ1n) is 3.06. The molecule has 0 N–H and O–H groups in total. The number of rotatable bonds is 4. The van der Waals surface area contributed by atoms with E-state index in [0.29, 0.717) is 13.0 Å². The molecule has 0 aromatic heterocycles. The van der Waals surface area contributed by atoms with Gasteiger partial charge >= 0.3 is 0 Å². The summed E-state index contributed by atoms with van der Waals surface area (Å²) in [5.74, 6) is 0.757. The molecular formula is C7H12O2. The lowest BCUT2D eigenvalue weighted by Crippen LogP contribution is -1.91. The van der Waals surface area contributed by atoms with Crippen molar-refractivity contribution >= 4 is 6.29 Å². The summed E-state index contributed by atoms with van der Waals surface area (Å²) in [4.78, 5) is 9.93. The van der Waals surface area contributed by atoms with Crippen LogP contribution in [0.1, 0.15) is 20.3 Å². The highest BCUT2D eigenvalue weighted by atomic mass is 16.5. The average molecular weight is 128 g/mol. The van der Waals surface area contributed by atoms with Crippen LogP contribution in [0.5, 0.6) is 0 Å². The van der Waals surface area contributed by atoms with Crippen LogP contribution in [0.4, 0.5) is 0 Å². The van der Waals surface area contributed by atoms with Crippen molar-refractivity contribution < 1.29 is 9.53 Å². The van der Waals surface area contributed by atoms with Crippen LogP contribution in [0.25, 0.3) is 0 Å². The minimum absolute atomic E-state index is 0.393. The molecule has 0 bridgehead atoms. The molecular weight excluding hydrogens is 116 g/mol. The zero-order valence-corrected chi connectivity index (χ0v) is 5.89. The molecule has 2 heteroatoms. The summed E-state index contributed by atoms with van der Waals surface area (Å²) in [6, 6.07) is 0. The smallest absolute Gasteiger partial charge is 0.127 e. The van der Waals surface area contributed by atoms with Gasteiger partial charge < -0.3 is 9.53 Å². The van der Waals surface area contributed by atoms with Crippen LogP contribution in [-0.2, 0) is 9.53 Å². The second-order valence-corrected chi connectivity index (χ2v) is 1.56. The zero-order valence-electron chi connectivity index (χ0n) is 5.89. The Labute approximate surface area is 55.5 Å². The van der Waals surface area contributed by atoms with Gasteiger partial charge in [0.15, 0.2) is 0 Å². The fourth-order valence-electron chi connectivity index (χ4n) is 0.528.